The van der Waals surface area contributed by atoms with Crippen LogP contribution in [0.3, 0.4) is 0 Å². The number of carbonyl (C=O) groups is 1. The van der Waals surface area contributed by atoms with Gasteiger partial charge in [0.15, 0.2) is 0 Å². The molecule has 0 spiro atoms. The molecule has 0 bridgehead atoms. The van der Waals surface area contributed by atoms with Crippen LogP contribution in [-0.4, -0.2) is 30.2 Å². The number of anilines is 1. The molecule has 0 saturated heterocycles. The molecule has 0 aromatic heterocycles. The zero-order chi connectivity index (χ0) is 12.7. The Morgan fingerprint density at radius 3 is 2.59 bits per heavy atom. The highest BCUT2D eigenvalue weighted by Crippen LogP contribution is 2.07. The summed E-state index contributed by atoms with van der Waals surface area (Å²) >= 11 is 0. The molecule has 0 aliphatic rings. The van der Waals surface area contributed by atoms with Gasteiger partial charge < -0.3 is 15.7 Å². The van der Waals surface area contributed by atoms with Gasteiger partial charge in [0, 0.05) is 18.3 Å². The average molecular weight is 236 g/mol. The molecule has 0 aliphatic heterocycles. The minimum atomic E-state index is -0.0707. The van der Waals surface area contributed by atoms with Crippen LogP contribution in [0.25, 0.3) is 0 Å². The van der Waals surface area contributed by atoms with Crippen LogP contribution in [-0.2, 0) is 4.79 Å². The molecule has 1 amide bonds. The second-order valence-electron chi connectivity index (χ2n) is 4.21. The van der Waals surface area contributed by atoms with Gasteiger partial charge in [-0.2, -0.15) is 0 Å². The number of hydrogen-bond donors (Lipinski definition) is 3. The third-order valence-electron chi connectivity index (χ3n) is 2.51. The summed E-state index contributed by atoms with van der Waals surface area (Å²) in [5.41, 5.74) is 1.97. The maximum absolute atomic E-state index is 11.6. The molecule has 17 heavy (non-hydrogen) atoms. The summed E-state index contributed by atoms with van der Waals surface area (Å²) in [5, 5.41) is 14.6. The van der Waals surface area contributed by atoms with Gasteiger partial charge in [0.2, 0.25) is 5.91 Å². The first-order chi connectivity index (χ1) is 8.11. The maximum atomic E-state index is 11.6. The van der Waals surface area contributed by atoms with E-state index in [9.17, 15) is 4.79 Å². The van der Waals surface area contributed by atoms with Gasteiger partial charge in [-0.1, -0.05) is 17.7 Å². The largest absolute Gasteiger partial charge is 0.396 e. The first-order valence-electron chi connectivity index (χ1n) is 5.82. The Labute approximate surface area is 102 Å². The molecule has 4 nitrogen and oxygen atoms in total. The van der Waals surface area contributed by atoms with E-state index in [1.807, 2.05) is 38.1 Å². The zero-order valence-electron chi connectivity index (χ0n) is 10.4. The van der Waals surface area contributed by atoms with Crippen molar-refractivity contribution in [1.82, 2.24) is 5.32 Å². The highest BCUT2D eigenvalue weighted by Gasteiger charge is 2.05. The van der Waals surface area contributed by atoms with Crippen LogP contribution in [0.4, 0.5) is 5.69 Å². The predicted molar refractivity (Wildman–Crippen MR) is 69.0 cm³/mol. The highest BCUT2D eigenvalue weighted by molar-refractivity contribution is 5.92. The Morgan fingerprint density at radius 2 is 2.00 bits per heavy atom. The molecular weight excluding hydrogens is 216 g/mol. The molecule has 3 N–H and O–H groups in total. The normalized spacial score (nSPS) is 12.2. The van der Waals surface area contributed by atoms with Crippen LogP contribution in [0.15, 0.2) is 24.3 Å². The number of amides is 1. The van der Waals surface area contributed by atoms with E-state index in [1.54, 1.807) is 0 Å². The Kier molecular flexibility index (Phi) is 5.66. The number of rotatable bonds is 6. The molecule has 0 saturated carbocycles. The van der Waals surface area contributed by atoms with E-state index in [2.05, 4.69) is 10.6 Å². The van der Waals surface area contributed by atoms with Crippen LogP contribution >= 0.6 is 0 Å². The quantitative estimate of drug-likeness (QED) is 0.697. The number of nitrogens with one attached hydrogen (secondary N) is 2. The first kappa shape index (κ1) is 13.7. The SMILES string of the molecule is Cc1ccc(NC(=O)CNC(C)CCO)cc1. The second kappa shape index (κ2) is 7.04. The van der Waals surface area contributed by atoms with Gasteiger partial charge in [-0.05, 0) is 32.4 Å². The molecule has 1 unspecified atom stereocenters. The minimum Gasteiger partial charge on any atom is -0.396 e. The summed E-state index contributed by atoms with van der Waals surface area (Å²) in [7, 11) is 0. The van der Waals surface area contributed by atoms with Crippen LogP contribution in [0, 0.1) is 6.92 Å². The summed E-state index contributed by atoms with van der Waals surface area (Å²) in [6.07, 6.45) is 0.651. The Bertz CT molecular complexity index is 349. The Balaban J connectivity index is 2.32. The lowest BCUT2D eigenvalue weighted by Crippen LogP contribution is -2.34. The van der Waals surface area contributed by atoms with Crippen molar-refractivity contribution in [3.8, 4) is 0 Å². The lowest BCUT2D eigenvalue weighted by molar-refractivity contribution is -0.115. The van der Waals surface area contributed by atoms with Gasteiger partial charge in [-0.15, -0.1) is 0 Å². The monoisotopic (exact) mass is 236 g/mol. The molecule has 0 fully saturated rings. The predicted octanol–water partition coefficient (Wildman–Crippen LogP) is 1.29. The fourth-order valence-corrected chi connectivity index (χ4v) is 1.40. The summed E-state index contributed by atoms with van der Waals surface area (Å²) in [5.74, 6) is -0.0707. The van der Waals surface area contributed by atoms with E-state index in [4.69, 9.17) is 5.11 Å². The molecule has 1 rings (SSSR count). The Hall–Kier alpha value is -1.39. The first-order valence-corrected chi connectivity index (χ1v) is 5.82. The summed E-state index contributed by atoms with van der Waals surface area (Å²) < 4.78 is 0. The fraction of sp³-hybridized carbons (Fsp3) is 0.462. The van der Waals surface area contributed by atoms with Gasteiger partial charge in [-0.3, -0.25) is 4.79 Å². The van der Waals surface area contributed by atoms with Crippen molar-refractivity contribution >= 4 is 11.6 Å². The van der Waals surface area contributed by atoms with Crippen LogP contribution in [0.1, 0.15) is 18.9 Å². The van der Waals surface area contributed by atoms with E-state index in [0.717, 1.165) is 11.3 Å². The van der Waals surface area contributed by atoms with Crippen molar-refractivity contribution in [3.63, 3.8) is 0 Å². The lowest BCUT2D eigenvalue weighted by atomic mass is 10.2. The number of aliphatic hydroxyl groups is 1. The molecule has 94 valence electrons. The van der Waals surface area contributed by atoms with E-state index in [0.29, 0.717) is 6.42 Å². The van der Waals surface area contributed by atoms with E-state index in [-0.39, 0.29) is 25.1 Å². The molecule has 0 aliphatic carbocycles. The number of aryl methyl sites for hydroxylation is 1. The number of hydrogen-bond acceptors (Lipinski definition) is 3. The maximum Gasteiger partial charge on any atom is 0.238 e. The van der Waals surface area contributed by atoms with Gasteiger partial charge in [0.25, 0.3) is 0 Å². The van der Waals surface area contributed by atoms with Gasteiger partial charge in [0.1, 0.15) is 0 Å². The number of benzene rings is 1. The van der Waals surface area contributed by atoms with Crippen molar-refractivity contribution < 1.29 is 9.90 Å². The lowest BCUT2D eigenvalue weighted by Gasteiger charge is -2.12. The second-order valence-corrected chi connectivity index (χ2v) is 4.21. The summed E-state index contributed by atoms with van der Waals surface area (Å²) in [6, 6.07) is 7.81. The van der Waals surface area contributed by atoms with E-state index in [1.165, 1.54) is 0 Å². The van der Waals surface area contributed by atoms with Gasteiger partial charge in [-0.25, -0.2) is 0 Å². The van der Waals surface area contributed by atoms with Gasteiger partial charge >= 0.3 is 0 Å². The number of carbonyl (C=O) groups excluding carboxylic acids is 1. The molecule has 1 aromatic carbocycles. The molecule has 1 aromatic rings. The van der Waals surface area contributed by atoms with Crippen molar-refractivity contribution in [1.29, 1.82) is 0 Å². The zero-order valence-corrected chi connectivity index (χ0v) is 10.4. The van der Waals surface area contributed by atoms with Crippen molar-refractivity contribution in [2.45, 2.75) is 26.3 Å². The smallest absolute Gasteiger partial charge is 0.238 e. The summed E-state index contributed by atoms with van der Waals surface area (Å²) in [4.78, 5) is 11.6. The number of aliphatic hydroxyl groups excluding tert-OH is 1. The third-order valence-corrected chi connectivity index (χ3v) is 2.51. The van der Waals surface area contributed by atoms with E-state index >= 15 is 0 Å². The fourth-order valence-electron chi connectivity index (χ4n) is 1.40. The van der Waals surface area contributed by atoms with E-state index < -0.39 is 0 Å². The molecular formula is C13H20N2O2. The van der Waals surface area contributed by atoms with Gasteiger partial charge in [0.05, 0.1) is 6.54 Å². The topological polar surface area (TPSA) is 61.4 Å². The molecule has 4 heteroatoms. The molecule has 0 radical (unpaired) electrons. The standard InChI is InChI=1S/C13H20N2O2/c1-10-3-5-12(6-4-10)15-13(17)9-14-11(2)7-8-16/h3-6,11,14,16H,7-9H2,1-2H3,(H,15,17). The van der Waals surface area contributed by atoms with Crippen LogP contribution in [0.5, 0.6) is 0 Å². The average Bonchev–Trinajstić information content (AvgIpc) is 2.30. The minimum absolute atomic E-state index is 0.0707. The summed E-state index contributed by atoms with van der Waals surface area (Å²) in [6.45, 7) is 4.34. The third kappa shape index (κ3) is 5.47. The highest BCUT2D eigenvalue weighted by atomic mass is 16.3. The molecule has 0 heterocycles. The Morgan fingerprint density at radius 1 is 1.35 bits per heavy atom. The molecule has 1 atom stereocenters. The van der Waals surface area contributed by atoms with Crippen molar-refractivity contribution in [2.75, 3.05) is 18.5 Å². The van der Waals surface area contributed by atoms with Crippen LogP contribution < -0.4 is 10.6 Å². The van der Waals surface area contributed by atoms with Crippen molar-refractivity contribution in [3.05, 3.63) is 29.8 Å². The van der Waals surface area contributed by atoms with Crippen LogP contribution in [0.2, 0.25) is 0 Å². The van der Waals surface area contributed by atoms with Crippen molar-refractivity contribution in [2.24, 2.45) is 0 Å².